The van der Waals surface area contributed by atoms with Crippen LogP contribution >= 0.6 is 23.5 Å². The number of H-pyrrole nitrogens is 1. The first kappa shape index (κ1) is 41.1. The quantitative estimate of drug-likeness (QED) is 0.104. The highest BCUT2D eigenvalue weighted by Crippen LogP contribution is 2.34. The van der Waals surface area contributed by atoms with Gasteiger partial charge < -0.3 is 4.98 Å². The third kappa shape index (κ3) is 16.7. The Labute approximate surface area is 293 Å². The van der Waals surface area contributed by atoms with Crippen LogP contribution in [-0.4, -0.2) is 32.4 Å². The predicted molar refractivity (Wildman–Crippen MR) is 203 cm³/mol. The van der Waals surface area contributed by atoms with Crippen LogP contribution in [0.15, 0.2) is 82.9 Å². The van der Waals surface area contributed by atoms with Gasteiger partial charge in [0.15, 0.2) is 0 Å². The molecule has 0 aliphatic rings. The average molecular weight is 687 g/mol. The number of imidazole rings is 1. The van der Waals surface area contributed by atoms with Crippen molar-refractivity contribution in [1.29, 1.82) is 0 Å². The van der Waals surface area contributed by atoms with Crippen molar-refractivity contribution >= 4 is 41.2 Å². The van der Waals surface area contributed by atoms with E-state index in [4.69, 9.17) is 0 Å². The fraction of sp³-hybridized carbons (Fsp3) is 0.564. The van der Waals surface area contributed by atoms with E-state index in [2.05, 4.69) is 103 Å². The molecule has 0 radical (unpaired) electrons. The summed E-state index contributed by atoms with van der Waals surface area (Å²) in [7, 11) is 0. The topological polar surface area (TPSA) is 28.7 Å². The minimum Gasteiger partial charge on any atom is -0.348 e. The Balaban J connectivity index is 0.000000403. The van der Waals surface area contributed by atoms with E-state index < -0.39 is 6.18 Å². The monoisotopic (exact) mass is 686 g/mol. The van der Waals surface area contributed by atoms with Gasteiger partial charge in [-0.2, -0.15) is 13.2 Å². The minimum absolute atomic E-state index is 0.0231. The lowest BCUT2D eigenvalue weighted by atomic mass is 9.38. The first-order valence-corrected chi connectivity index (χ1v) is 18.8. The molecule has 0 saturated heterocycles. The average Bonchev–Trinajstić information content (AvgIpc) is 3.47. The van der Waals surface area contributed by atoms with Gasteiger partial charge >= 0.3 is 6.18 Å². The zero-order valence-electron chi connectivity index (χ0n) is 30.4. The molecule has 3 rings (SSSR count). The molecule has 3 aromatic rings. The maximum atomic E-state index is 12.6. The Bertz CT molecular complexity index is 1270. The summed E-state index contributed by atoms with van der Waals surface area (Å²) in [5.41, 5.74) is 2.37. The zero-order valence-corrected chi connectivity index (χ0v) is 32.0. The van der Waals surface area contributed by atoms with Crippen LogP contribution in [0.25, 0.3) is 0 Å². The predicted octanol–water partition coefficient (Wildman–Crippen LogP) is 12.0. The molecule has 0 aliphatic heterocycles. The molecule has 2 unspecified atom stereocenters. The van der Waals surface area contributed by atoms with Crippen LogP contribution < -0.4 is 10.9 Å². The van der Waals surface area contributed by atoms with E-state index in [0.29, 0.717) is 24.7 Å². The van der Waals surface area contributed by atoms with Gasteiger partial charge in [0, 0.05) is 43.7 Å². The molecule has 47 heavy (non-hydrogen) atoms. The Hall–Kier alpha value is -2.06. The Kier molecular flexibility index (Phi) is 16.8. The molecule has 260 valence electrons. The van der Waals surface area contributed by atoms with Gasteiger partial charge in [0.25, 0.3) is 0 Å². The molecule has 2 atom stereocenters. The van der Waals surface area contributed by atoms with Gasteiger partial charge in [-0.25, -0.2) is 4.98 Å². The van der Waals surface area contributed by atoms with E-state index in [0.717, 1.165) is 11.8 Å². The summed E-state index contributed by atoms with van der Waals surface area (Å²) in [6, 6.07) is 16.6. The van der Waals surface area contributed by atoms with Crippen LogP contribution in [0.3, 0.4) is 0 Å². The maximum absolute atomic E-state index is 12.6. The van der Waals surface area contributed by atoms with Gasteiger partial charge in [0.1, 0.15) is 5.82 Å². The third-order valence-electron chi connectivity index (χ3n) is 7.63. The highest BCUT2D eigenvalue weighted by Gasteiger charge is 2.28. The van der Waals surface area contributed by atoms with Crippen molar-refractivity contribution in [2.75, 3.05) is 0 Å². The lowest BCUT2D eigenvalue weighted by molar-refractivity contribution is -0.0800. The van der Waals surface area contributed by atoms with Crippen LogP contribution in [0.1, 0.15) is 113 Å². The molecule has 1 N–H and O–H groups in total. The highest BCUT2D eigenvalue weighted by atomic mass is 32.2. The van der Waals surface area contributed by atoms with Crippen molar-refractivity contribution in [1.82, 2.24) is 9.97 Å². The number of aromatic nitrogens is 2. The lowest BCUT2D eigenvalue weighted by Gasteiger charge is -2.26. The van der Waals surface area contributed by atoms with Crippen molar-refractivity contribution < 1.29 is 13.2 Å². The van der Waals surface area contributed by atoms with Crippen LogP contribution in [0.4, 0.5) is 13.2 Å². The van der Waals surface area contributed by atoms with Crippen molar-refractivity contribution in [3.05, 3.63) is 78.9 Å². The number of benzene rings is 2. The highest BCUT2D eigenvalue weighted by molar-refractivity contribution is 8.01. The standard InChI is InChI=1S/C25H32BF3S2.C14H26N2/c1-23(2,3)30-21-15-9-7-13-19(21)26(18-12-11-17-25(27,28)29)20-14-8-10-16-22(20)31-24(4,5)6;1-5-13(14-15-8-9-16-14)7-6-12(4)10-11(2)3/h7-11,13-17H,12,18H2,1-6H3;8-9,11-13H,5-7,10H2,1-4H3,(H,15,16). The van der Waals surface area contributed by atoms with Crippen molar-refractivity contribution in [2.45, 2.75) is 139 Å². The van der Waals surface area contributed by atoms with Gasteiger partial charge in [-0.15, -0.1) is 23.5 Å². The van der Waals surface area contributed by atoms with E-state index in [9.17, 15) is 13.2 Å². The minimum atomic E-state index is -4.27. The molecule has 2 aromatic carbocycles. The summed E-state index contributed by atoms with van der Waals surface area (Å²) in [4.78, 5) is 9.99. The molecule has 0 spiro atoms. The second-order valence-electron chi connectivity index (χ2n) is 15.0. The van der Waals surface area contributed by atoms with Gasteiger partial charge in [-0.05, 0) is 49.7 Å². The molecule has 0 bridgehead atoms. The third-order valence-corrected chi connectivity index (χ3v) is 10.0. The number of rotatable bonds is 14. The summed E-state index contributed by atoms with van der Waals surface area (Å²) >= 11 is 3.62. The first-order valence-electron chi connectivity index (χ1n) is 17.2. The summed E-state index contributed by atoms with van der Waals surface area (Å²) in [5, 5.41) is 0. The summed E-state index contributed by atoms with van der Waals surface area (Å²) < 4.78 is 38.0. The number of halogens is 3. The number of thioether (sulfide) groups is 2. The molecule has 1 heterocycles. The SMILES string of the molecule is CC(C)(C)Sc1ccccc1B(CCC=CC(F)(F)F)c1ccccc1SC(C)(C)C.CCC(CCC(C)CC(C)C)c1ncc[nH]1. The number of allylic oxidation sites excluding steroid dienone is 2. The summed E-state index contributed by atoms with van der Waals surface area (Å²) in [6.45, 7) is 22.3. The molecular formula is C39H58BF3N2S2. The van der Waals surface area contributed by atoms with Crippen molar-refractivity contribution in [2.24, 2.45) is 11.8 Å². The van der Waals surface area contributed by atoms with Gasteiger partial charge in [-0.1, -0.05) is 135 Å². The van der Waals surface area contributed by atoms with E-state index in [1.54, 1.807) is 0 Å². The number of nitrogens with zero attached hydrogens (tertiary/aromatic N) is 1. The molecular weight excluding hydrogens is 628 g/mol. The Morgan fingerprint density at radius 2 is 1.36 bits per heavy atom. The zero-order chi connectivity index (χ0) is 35.3. The first-order chi connectivity index (χ1) is 21.9. The van der Waals surface area contributed by atoms with Crippen molar-refractivity contribution in [3.63, 3.8) is 0 Å². The molecule has 0 aliphatic carbocycles. The molecule has 0 saturated carbocycles. The number of hydrogen-bond acceptors (Lipinski definition) is 3. The number of nitrogens with one attached hydrogen (secondary N) is 1. The molecule has 1 aromatic heterocycles. The fourth-order valence-electron chi connectivity index (χ4n) is 5.78. The molecule has 0 amide bonds. The van der Waals surface area contributed by atoms with Gasteiger partial charge in [-0.3, -0.25) is 0 Å². The van der Waals surface area contributed by atoms with E-state index in [1.807, 2.05) is 60.2 Å². The van der Waals surface area contributed by atoms with Gasteiger partial charge in [0.2, 0.25) is 6.71 Å². The maximum Gasteiger partial charge on any atom is 0.409 e. The Morgan fingerprint density at radius 1 is 0.830 bits per heavy atom. The number of aromatic amines is 1. The molecule has 8 heteroatoms. The van der Waals surface area contributed by atoms with Crippen LogP contribution in [0.2, 0.25) is 6.32 Å². The fourth-order valence-corrected chi connectivity index (χ4v) is 8.05. The largest absolute Gasteiger partial charge is 0.409 e. The second kappa shape index (κ2) is 19.2. The molecule has 2 nitrogen and oxygen atoms in total. The number of hydrogen-bond donors (Lipinski definition) is 1. The van der Waals surface area contributed by atoms with Crippen LogP contribution in [0, 0.1) is 11.8 Å². The van der Waals surface area contributed by atoms with Gasteiger partial charge in [0.05, 0.1) is 0 Å². The van der Waals surface area contributed by atoms with E-state index in [-0.39, 0.29) is 16.2 Å². The van der Waals surface area contributed by atoms with E-state index in [1.165, 1.54) is 58.3 Å². The molecule has 0 fully saturated rings. The second-order valence-corrected chi connectivity index (χ2v) is 18.7. The summed E-state index contributed by atoms with van der Waals surface area (Å²) in [6.07, 6.45) is 7.22. The smallest absolute Gasteiger partial charge is 0.348 e. The van der Waals surface area contributed by atoms with E-state index >= 15 is 0 Å². The number of alkyl halides is 3. The van der Waals surface area contributed by atoms with Crippen LogP contribution in [0.5, 0.6) is 0 Å². The van der Waals surface area contributed by atoms with Crippen molar-refractivity contribution in [3.8, 4) is 0 Å². The normalized spacial score (nSPS) is 13.8. The summed E-state index contributed by atoms with van der Waals surface area (Å²) in [5.74, 6) is 3.44. The van der Waals surface area contributed by atoms with Crippen LogP contribution in [-0.2, 0) is 0 Å². The lowest BCUT2D eigenvalue weighted by Crippen LogP contribution is -2.44. The Morgan fingerprint density at radius 3 is 1.79 bits per heavy atom.